The van der Waals surface area contributed by atoms with Crippen LogP contribution in [0.15, 0.2) is 0 Å². The molecule has 0 aliphatic carbocycles. The summed E-state index contributed by atoms with van der Waals surface area (Å²) in [5, 5.41) is 0. The van der Waals surface area contributed by atoms with E-state index in [2.05, 4.69) is 13.8 Å². The van der Waals surface area contributed by atoms with Gasteiger partial charge in [0.1, 0.15) is 6.61 Å². The molecule has 1 rings (SSSR count). The van der Waals surface area contributed by atoms with Crippen molar-refractivity contribution >= 4 is 5.91 Å². The zero-order chi connectivity index (χ0) is 10.7. The largest absolute Gasteiger partial charge is 0.369 e. The van der Waals surface area contributed by atoms with Crippen LogP contribution < -0.4 is 5.73 Å². The Balaban J connectivity index is 2.66. The molecule has 2 atom stereocenters. The molecule has 2 N–H and O–H groups in total. The summed E-state index contributed by atoms with van der Waals surface area (Å²) in [6, 6.07) is 0.209. The predicted molar refractivity (Wildman–Crippen MR) is 54.8 cm³/mol. The molecule has 0 aromatic rings. The molecule has 1 saturated heterocycles. The number of rotatable bonds is 3. The highest BCUT2D eigenvalue weighted by Gasteiger charge is 2.30. The van der Waals surface area contributed by atoms with Gasteiger partial charge < -0.3 is 15.4 Å². The Labute approximate surface area is 85.4 Å². The van der Waals surface area contributed by atoms with Gasteiger partial charge in [-0.05, 0) is 12.8 Å². The minimum absolute atomic E-state index is 0.0262. The number of morpholine rings is 1. The Morgan fingerprint density at radius 2 is 2.21 bits per heavy atom. The van der Waals surface area contributed by atoms with E-state index in [-0.39, 0.29) is 24.6 Å². The molecule has 0 bridgehead atoms. The van der Waals surface area contributed by atoms with Crippen LogP contribution in [-0.2, 0) is 9.53 Å². The van der Waals surface area contributed by atoms with Crippen LogP contribution in [0.4, 0.5) is 0 Å². The monoisotopic (exact) mass is 200 g/mol. The van der Waals surface area contributed by atoms with Crippen molar-refractivity contribution < 1.29 is 9.53 Å². The molecule has 1 aliphatic rings. The third kappa shape index (κ3) is 2.69. The Kier molecular flexibility index (Phi) is 3.89. The molecule has 0 spiro atoms. The molecule has 0 saturated carbocycles. The fraction of sp³-hybridized carbons (Fsp3) is 0.900. The van der Waals surface area contributed by atoms with E-state index in [0.29, 0.717) is 19.1 Å². The molecule has 14 heavy (non-hydrogen) atoms. The number of ether oxygens (including phenoxy) is 1. The molecular weight excluding hydrogens is 180 g/mol. The second kappa shape index (κ2) is 4.75. The van der Waals surface area contributed by atoms with E-state index in [1.54, 1.807) is 0 Å². The highest BCUT2D eigenvalue weighted by atomic mass is 16.5. The zero-order valence-corrected chi connectivity index (χ0v) is 9.19. The SMILES string of the molecule is CC(N)CN1C(=O)COCC1C(C)C. The molecule has 1 fully saturated rings. The van der Waals surface area contributed by atoms with Gasteiger partial charge in [0.15, 0.2) is 0 Å². The van der Waals surface area contributed by atoms with Gasteiger partial charge in [0, 0.05) is 12.6 Å². The second-order valence-electron chi connectivity index (χ2n) is 4.35. The smallest absolute Gasteiger partial charge is 0.248 e. The maximum absolute atomic E-state index is 11.6. The first-order valence-corrected chi connectivity index (χ1v) is 5.15. The number of nitrogens with zero attached hydrogens (tertiary/aromatic N) is 1. The summed E-state index contributed by atoms with van der Waals surface area (Å²) in [7, 11) is 0. The molecule has 4 heteroatoms. The quantitative estimate of drug-likeness (QED) is 0.709. The molecule has 4 nitrogen and oxygen atoms in total. The first-order chi connectivity index (χ1) is 6.52. The molecule has 0 aromatic heterocycles. The fourth-order valence-corrected chi connectivity index (χ4v) is 1.72. The van der Waals surface area contributed by atoms with Crippen LogP contribution in [-0.4, -0.2) is 42.6 Å². The normalized spacial score (nSPS) is 25.6. The lowest BCUT2D eigenvalue weighted by atomic mass is 10.0. The van der Waals surface area contributed by atoms with E-state index >= 15 is 0 Å². The van der Waals surface area contributed by atoms with Crippen LogP contribution in [0, 0.1) is 5.92 Å². The van der Waals surface area contributed by atoms with Crippen LogP contribution in [0.5, 0.6) is 0 Å². The van der Waals surface area contributed by atoms with Crippen molar-refractivity contribution in [2.45, 2.75) is 32.9 Å². The van der Waals surface area contributed by atoms with Crippen LogP contribution in [0.2, 0.25) is 0 Å². The van der Waals surface area contributed by atoms with Crippen molar-refractivity contribution in [2.24, 2.45) is 11.7 Å². The third-order valence-corrected chi connectivity index (χ3v) is 2.49. The van der Waals surface area contributed by atoms with Gasteiger partial charge in [0.2, 0.25) is 5.91 Å². The van der Waals surface area contributed by atoms with E-state index in [9.17, 15) is 4.79 Å². The lowest BCUT2D eigenvalue weighted by Gasteiger charge is -2.38. The van der Waals surface area contributed by atoms with E-state index in [1.807, 2.05) is 11.8 Å². The standard InChI is InChI=1S/C10H20N2O2/c1-7(2)9-5-14-6-10(13)12(9)4-8(3)11/h7-9H,4-6,11H2,1-3H3. The van der Waals surface area contributed by atoms with Gasteiger partial charge in [-0.2, -0.15) is 0 Å². The van der Waals surface area contributed by atoms with E-state index < -0.39 is 0 Å². The average Bonchev–Trinajstić information content (AvgIpc) is 2.07. The summed E-state index contributed by atoms with van der Waals surface area (Å²) >= 11 is 0. The Morgan fingerprint density at radius 3 is 2.71 bits per heavy atom. The average molecular weight is 200 g/mol. The summed E-state index contributed by atoms with van der Waals surface area (Å²) in [5.41, 5.74) is 5.71. The molecule has 1 aliphatic heterocycles. The van der Waals surface area contributed by atoms with E-state index in [4.69, 9.17) is 10.5 Å². The highest BCUT2D eigenvalue weighted by Crippen LogP contribution is 2.16. The Bertz CT molecular complexity index is 204. The lowest BCUT2D eigenvalue weighted by molar-refractivity contribution is -0.150. The van der Waals surface area contributed by atoms with Crippen LogP contribution >= 0.6 is 0 Å². The molecule has 2 unspecified atom stereocenters. The minimum atomic E-state index is 0.0262. The van der Waals surface area contributed by atoms with Crippen LogP contribution in [0.3, 0.4) is 0 Å². The maximum atomic E-state index is 11.6. The van der Waals surface area contributed by atoms with Gasteiger partial charge in [-0.3, -0.25) is 4.79 Å². The first kappa shape index (κ1) is 11.5. The van der Waals surface area contributed by atoms with Crippen molar-refractivity contribution in [3.8, 4) is 0 Å². The summed E-state index contributed by atoms with van der Waals surface area (Å²) < 4.78 is 5.24. The fourth-order valence-electron chi connectivity index (χ4n) is 1.72. The summed E-state index contributed by atoms with van der Waals surface area (Å²) in [4.78, 5) is 13.4. The first-order valence-electron chi connectivity index (χ1n) is 5.15. The Hall–Kier alpha value is -0.610. The molecular formula is C10H20N2O2. The molecule has 82 valence electrons. The van der Waals surface area contributed by atoms with Crippen molar-refractivity contribution in [2.75, 3.05) is 19.8 Å². The van der Waals surface area contributed by atoms with E-state index in [1.165, 1.54) is 0 Å². The summed E-state index contributed by atoms with van der Waals surface area (Å²) in [5.74, 6) is 0.477. The zero-order valence-electron chi connectivity index (χ0n) is 9.19. The Morgan fingerprint density at radius 1 is 1.57 bits per heavy atom. The number of amides is 1. The van der Waals surface area contributed by atoms with E-state index in [0.717, 1.165) is 0 Å². The van der Waals surface area contributed by atoms with Gasteiger partial charge in [-0.15, -0.1) is 0 Å². The number of hydrogen-bond acceptors (Lipinski definition) is 3. The summed E-state index contributed by atoms with van der Waals surface area (Å²) in [6.07, 6.45) is 0. The predicted octanol–water partition coefficient (Wildman–Crippen LogP) is 0.217. The minimum Gasteiger partial charge on any atom is -0.369 e. The van der Waals surface area contributed by atoms with Gasteiger partial charge in [0.05, 0.1) is 12.6 Å². The summed E-state index contributed by atoms with van der Waals surface area (Å²) in [6.45, 7) is 7.58. The number of carbonyl (C=O) groups is 1. The third-order valence-electron chi connectivity index (χ3n) is 2.49. The second-order valence-corrected chi connectivity index (χ2v) is 4.35. The van der Waals surface area contributed by atoms with Crippen LogP contribution in [0.25, 0.3) is 0 Å². The highest BCUT2D eigenvalue weighted by molar-refractivity contribution is 5.78. The van der Waals surface area contributed by atoms with Crippen molar-refractivity contribution in [3.63, 3.8) is 0 Å². The number of hydrogen-bond donors (Lipinski definition) is 1. The maximum Gasteiger partial charge on any atom is 0.248 e. The van der Waals surface area contributed by atoms with Crippen molar-refractivity contribution in [3.05, 3.63) is 0 Å². The van der Waals surface area contributed by atoms with Crippen molar-refractivity contribution in [1.82, 2.24) is 4.90 Å². The van der Waals surface area contributed by atoms with Gasteiger partial charge in [-0.25, -0.2) is 0 Å². The van der Waals surface area contributed by atoms with Gasteiger partial charge in [-0.1, -0.05) is 13.8 Å². The van der Waals surface area contributed by atoms with Crippen LogP contribution in [0.1, 0.15) is 20.8 Å². The topological polar surface area (TPSA) is 55.6 Å². The van der Waals surface area contributed by atoms with Crippen molar-refractivity contribution in [1.29, 1.82) is 0 Å². The van der Waals surface area contributed by atoms with Gasteiger partial charge in [0.25, 0.3) is 0 Å². The molecule has 1 heterocycles. The van der Waals surface area contributed by atoms with Gasteiger partial charge >= 0.3 is 0 Å². The molecule has 0 radical (unpaired) electrons. The molecule has 1 amide bonds. The molecule has 0 aromatic carbocycles. The number of nitrogens with two attached hydrogens (primary N) is 1. The number of carbonyl (C=O) groups excluding carboxylic acids is 1. The lowest BCUT2D eigenvalue weighted by Crippen LogP contribution is -2.54.